The fourth-order valence-electron chi connectivity index (χ4n) is 2.96. The Bertz CT molecular complexity index is 464. The number of nitrogens with zero attached hydrogens (tertiary/aromatic N) is 1. The molecule has 0 aliphatic carbocycles. The minimum absolute atomic E-state index is 0.0901. The lowest BCUT2D eigenvalue weighted by Gasteiger charge is -2.38. The van der Waals surface area contributed by atoms with E-state index in [1.54, 1.807) is 0 Å². The molecule has 0 saturated carbocycles. The summed E-state index contributed by atoms with van der Waals surface area (Å²) < 4.78 is 5.31. The third-order valence-electron chi connectivity index (χ3n) is 4.25. The van der Waals surface area contributed by atoms with Gasteiger partial charge in [0.05, 0.1) is 5.54 Å². The van der Waals surface area contributed by atoms with Gasteiger partial charge in [0.2, 0.25) is 0 Å². The standard InChI is InChI=1S/C15H20N2O2/c1-12-2-4-13(5-3-12)10-17-14(18)19-11-15(17)6-8-16-9-7-15/h2-5,16H,6-11H2,1H3. The maximum atomic E-state index is 12.0. The van der Waals surface area contributed by atoms with Gasteiger partial charge in [-0.1, -0.05) is 29.8 Å². The molecule has 2 aliphatic rings. The second-order valence-electron chi connectivity index (χ2n) is 5.60. The van der Waals surface area contributed by atoms with Gasteiger partial charge in [-0.2, -0.15) is 0 Å². The molecule has 102 valence electrons. The van der Waals surface area contributed by atoms with Crippen LogP contribution < -0.4 is 5.32 Å². The van der Waals surface area contributed by atoms with E-state index < -0.39 is 0 Å². The zero-order valence-electron chi connectivity index (χ0n) is 11.3. The van der Waals surface area contributed by atoms with Crippen LogP contribution in [0.15, 0.2) is 24.3 Å². The highest BCUT2D eigenvalue weighted by Crippen LogP contribution is 2.33. The topological polar surface area (TPSA) is 41.6 Å². The van der Waals surface area contributed by atoms with E-state index in [-0.39, 0.29) is 11.6 Å². The Hall–Kier alpha value is -1.55. The van der Waals surface area contributed by atoms with Gasteiger partial charge in [0.1, 0.15) is 6.61 Å². The molecule has 19 heavy (non-hydrogen) atoms. The summed E-state index contributed by atoms with van der Waals surface area (Å²) in [5.74, 6) is 0. The van der Waals surface area contributed by atoms with Gasteiger partial charge >= 0.3 is 6.09 Å². The number of piperidine rings is 1. The maximum Gasteiger partial charge on any atom is 0.410 e. The Labute approximate surface area is 113 Å². The zero-order valence-corrected chi connectivity index (χ0v) is 11.3. The molecule has 2 heterocycles. The molecule has 4 heteroatoms. The maximum absolute atomic E-state index is 12.0. The average molecular weight is 260 g/mol. The first-order chi connectivity index (χ1) is 9.20. The third-order valence-corrected chi connectivity index (χ3v) is 4.25. The Morgan fingerprint density at radius 2 is 1.95 bits per heavy atom. The molecule has 1 amide bonds. The van der Waals surface area contributed by atoms with Crippen LogP contribution in [0, 0.1) is 6.92 Å². The highest BCUT2D eigenvalue weighted by Gasteiger charge is 2.47. The van der Waals surface area contributed by atoms with Gasteiger partial charge in [0, 0.05) is 6.54 Å². The molecular weight excluding hydrogens is 240 g/mol. The van der Waals surface area contributed by atoms with Crippen molar-refractivity contribution in [1.29, 1.82) is 0 Å². The molecule has 1 aromatic carbocycles. The van der Waals surface area contributed by atoms with Crippen LogP contribution in [-0.2, 0) is 11.3 Å². The molecule has 1 spiro atoms. The Balaban J connectivity index is 1.80. The van der Waals surface area contributed by atoms with Crippen LogP contribution in [0.1, 0.15) is 24.0 Å². The van der Waals surface area contributed by atoms with Crippen molar-refractivity contribution in [2.75, 3.05) is 19.7 Å². The second-order valence-corrected chi connectivity index (χ2v) is 5.60. The lowest BCUT2D eigenvalue weighted by Crippen LogP contribution is -2.53. The predicted molar refractivity (Wildman–Crippen MR) is 72.9 cm³/mol. The van der Waals surface area contributed by atoms with Crippen LogP contribution >= 0.6 is 0 Å². The predicted octanol–water partition coefficient (Wildman–Crippen LogP) is 2.07. The number of nitrogens with one attached hydrogen (secondary N) is 1. The van der Waals surface area contributed by atoms with E-state index in [4.69, 9.17) is 4.74 Å². The molecule has 0 unspecified atom stereocenters. The van der Waals surface area contributed by atoms with Crippen LogP contribution in [0.4, 0.5) is 4.79 Å². The van der Waals surface area contributed by atoms with E-state index in [1.807, 2.05) is 4.90 Å². The molecule has 2 aliphatic heterocycles. The van der Waals surface area contributed by atoms with Gasteiger partial charge in [0.25, 0.3) is 0 Å². The van der Waals surface area contributed by atoms with E-state index in [0.29, 0.717) is 13.2 Å². The summed E-state index contributed by atoms with van der Waals surface area (Å²) in [5, 5.41) is 3.35. The van der Waals surface area contributed by atoms with Gasteiger partial charge < -0.3 is 10.1 Å². The molecule has 1 N–H and O–H groups in total. The summed E-state index contributed by atoms with van der Waals surface area (Å²) in [5.41, 5.74) is 2.32. The summed E-state index contributed by atoms with van der Waals surface area (Å²) in [6, 6.07) is 8.36. The highest BCUT2D eigenvalue weighted by molar-refractivity contribution is 5.71. The van der Waals surface area contributed by atoms with E-state index in [0.717, 1.165) is 25.9 Å². The number of benzene rings is 1. The first kappa shape index (κ1) is 12.5. The summed E-state index contributed by atoms with van der Waals surface area (Å²) in [4.78, 5) is 13.9. The van der Waals surface area contributed by atoms with E-state index >= 15 is 0 Å². The third kappa shape index (κ3) is 2.32. The molecule has 0 radical (unpaired) electrons. The van der Waals surface area contributed by atoms with Crippen molar-refractivity contribution in [2.45, 2.75) is 31.8 Å². The number of cyclic esters (lactones) is 1. The molecule has 0 atom stereocenters. The van der Waals surface area contributed by atoms with Crippen molar-refractivity contribution in [3.63, 3.8) is 0 Å². The molecule has 0 bridgehead atoms. The Kier molecular flexibility index (Phi) is 3.19. The first-order valence-electron chi connectivity index (χ1n) is 6.90. The van der Waals surface area contributed by atoms with Gasteiger partial charge in [0.15, 0.2) is 0 Å². The fraction of sp³-hybridized carbons (Fsp3) is 0.533. The minimum Gasteiger partial charge on any atom is -0.447 e. The molecule has 2 fully saturated rings. The Morgan fingerprint density at radius 3 is 2.63 bits per heavy atom. The van der Waals surface area contributed by atoms with Crippen molar-refractivity contribution in [1.82, 2.24) is 10.2 Å². The van der Waals surface area contributed by atoms with Crippen molar-refractivity contribution >= 4 is 6.09 Å². The largest absolute Gasteiger partial charge is 0.447 e. The smallest absolute Gasteiger partial charge is 0.410 e. The van der Waals surface area contributed by atoms with Crippen LogP contribution in [0.2, 0.25) is 0 Å². The van der Waals surface area contributed by atoms with E-state index in [2.05, 4.69) is 36.5 Å². The SMILES string of the molecule is Cc1ccc(CN2C(=O)OCC23CCNCC3)cc1. The van der Waals surface area contributed by atoms with E-state index in [1.165, 1.54) is 11.1 Å². The normalized spacial score (nSPS) is 21.7. The highest BCUT2D eigenvalue weighted by atomic mass is 16.6. The number of carbonyl (C=O) groups is 1. The van der Waals surface area contributed by atoms with Gasteiger partial charge in [-0.05, 0) is 38.4 Å². The number of carbonyl (C=O) groups excluding carboxylic acids is 1. The quantitative estimate of drug-likeness (QED) is 0.885. The number of aryl methyl sites for hydroxylation is 1. The summed E-state index contributed by atoms with van der Waals surface area (Å²) in [6.07, 6.45) is 1.79. The molecule has 2 saturated heterocycles. The van der Waals surface area contributed by atoms with Crippen molar-refractivity contribution in [2.24, 2.45) is 0 Å². The summed E-state index contributed by atoms with van der Waals surface area (Å²) >= 11 is 0. The number of ether oxygens (including phenoxy) is 1. The summed E-state index contributed by atoms with van der Waals surface area (Å²) in [6.45, 7) is 5.18. The molecule has 3 rings (SSSR count). The van der Waals surface area contributed by atoms with Gasteiger partial charge in [-0.15, -0.1) is 0 Å². The molecule has 1 aromatic rings. The van der Waals surface area contributed by atoms with Crippen molar-refractivity contribution in [3.8, 4) is 0 Å². The number of rotatable bonds is 2. The monoisotopic (exact) mass is 260 g/mol. The van der Waals surface area contributed by atoms with Crippen LogP contribution in [0.5, 0.6) is 0 Å². The van der Waals surface area contributed by atoms with Gasteiger partial charge in [-0.25, -0.2) is 4.79 Å². The summed E-state index contributed by atoms with van der Waals surface area (Å²) in [7, 11) is 0. The Morgan fingerprint density at radius 1 is 1.26 bits per heavy atom. The minimum atomic E-state index is -0.164. The van der Waals surface area contributed by atoms with Crippen molar-refractivity contribution < 1.29 is 9.53 Å². The number of amides is 1. The lowest BCUT2D eigenvalue weighted by molar-refractivity contribution is 0.119. The van der Waals surface area contributed by atoms with Crippen LogP contribution in [-0.4, -0.2) is 36.2 Å². The molecular formula is C15H20N2O2. The second kappa shape index (κ2) is 4.85. The first-order valence-corrected chi connectivity index (χ1v) is 6.90. The average Bonchev–Trinajstić information content (AvgIpc) is 2.72. The lowest BCUT2D eigenvalue weighted by atomic mass is 9.88. The van der Waals surface area contributed by atoms with Crippen molar-refractivity contribution in [3.05, 3.63) is 35.4 Å². The van der Waals surface area contributed by atoms with E-state index in [9.17, 15) is 4.79 Å². The molecule has 4 nitrogen and oxygen atoms in total. The number of hydrogen-bond acceptors (Lipinski definition) is 3. The van der Waals surface area contributed by atoms with Crippen LogP contribution in [0.25, 0.3) is 0 Å². The van der Waals surface area contributed by atoms with Crippen LogP contribution in [0.3, 0.4) is 0 Å². The zero-order chi connectivity index (χ0) is 13.3. The van der Waals surface area contributed by atoms with Gasteiger partial charge in [-0.3, -0.25) is 4.90 Å². The fourth-order valence-corrected chi connectivity index (χ4v) is 2.96. The number of hydrogen-bond donors (Lipinski definition) is 1. The molecule has 0 aromatic heterocycles.